The number of fused-ring (bicyclic) bond motifs is 2. The first-order valence-corrected chi connectivity index (χ1v) is 9.20. The number of hydrogen-bond acceptors (Lipinski definition) is 10. The van der Waals surface area contributed by atoms with Crippen molar-refractivity contribution in [3.8, 4) is 17.2 Å². The Balaban J connectivity index is 0.000000181. The Kier molecular flexibility index (Phi) is 6.28. The van der Waals surface area contributed by atoms with Gasteiger partial charge < -0.3 is 14.6 Å². The quantitative estimate of drug-likeness (QED) is 0.445. The second-order valence-corrected chi connectivity index (χ2v) is 6.54. The number of benzene rings is 2. The molecule has 2 heterocycles. The number of nitro groups is 3. The Labute approximate surface area is 179 Å². The van der Waals surface area contributed by atoms with Crippen LogP contribution in [0.5, 0.6) is 17.2 Å². The van der Waals surface area contributed by atoms with Gasteiger partial charge in [-0.3, -0.25) is 35.3 Å². The molecule has 13 heteroatoms. The van der Waals surface area contributed by atoms with Crippen molar-refractivity contribution in [3.63, 3.8) is 0 Å². The fourth-order valence-electron chi connectivity index (χ4n) is 3.03. The number of pyridine rings is 1. The summed E-state index contributed by atoms with van der Waals surface area (Å²) < 4.78 is 10.8. The molecule has 166 valence electrons. The van der Waals surface area contributed by atoms with Crippen LogP contribution in [0, 0.1) is 30.3 Å². The number of aromatic nitrogens is 1. The molecular weight excluding hydrogens is 428 g/mol. The van der Waals surface area contributed by atoms with Gasteiger partial charge in [-0.25, -0.2) is 0 Å². The summed E-state index contributed by atoms with van der Waals surface area (Å²) in [6.45, 7) is 2.48. The van der Waals surface area contributed by atoms with Crippen LogP contribution in [0.15, 0.2) is 36.5 Å². The van der Waals surface area contributed by atoms with E-state index < -0.39 is 37.6 Å². The van der Waals surface area contributed by atoms with Crippen molar-refractivity contribution in [2.24, 2.45) is 0 Å². The first kappa shape index (κ1) is 22.1. The van der Waals surface area contributed by atoms with Crippen LogP contribution in [-0.2, 0) is 6.42 Å². The minimum Gasteiger partial charge on any atom is -0.497 e. The lowest BCUT2D eigenvalue weighted by Crippen LogP contribution is -1.97. The van der Waals surface area contributed by atoms with Gasteiger partial charge in [0.05, 0.1) is 26.9 Å². The Morgan fingerprint density at radius 1 is 0.969 bits per heavy atom. The Morgan fingerprint density at radius 2 is 1.56 bits per heavy atom. The van der Waals surface area contributed by atoms with Gasteiger partial charge in [0, 0.05) is 17.3 Å². The van der Waals surface area contributed by atoms with E-state index in [2.05, 4.69) is 11.9 Å². The molecule has 0 unspecified atom stereocenters. The van der Waals surface area contributed by atoms with Crippen LogP contribution in [0.1, 0.15) is 19.0 Å². The summed E-state index contributed by atoms with van der Waals surface area (Å²) in [6, 6.07) is 6.97. The zero-order chi connectivity index (χ0) is 23.4. The van der Waals surface area contributed by atoms with Gasteiger partial charge in [-0.05, 0) is 30.0 Å². The molecule has 0 atom stereocenters. The number of aryl methyl sites for hydroxylation is 1. The maximum atomic E-state index is 10.4. The number of ether oxygens (including phenoxy) is 2. The van der Waals surface area contributed by atoms with Gasteiger partial charge in [0.25, 0.3) is 11.4 Å². The normalized spacial score (nSPS) is 11.5. The van der Waals surface area contributed by atoms with Crippen molar-refractivity contribution in [1.29, 1.82) is 0 Å². The third-order valence-corrected chi connectivity index (χ3v) is 4.49. The zero-order valence-electron chi connectivity index (χ0n) is 16.6. The molecule has 1 aliphatic rings. The summed E-state index contributed by atoms with van der Waals surface area (Å²) in [7, 11) is 0. The van der Waals surface area contributed by atoms with Gasteiger partial charge in [0.2, 0.25) is 6.79 Å². The molecule has 1 aliphatic heterocycles. The third kappa shape index (κ3) is 4.45. The lowest BCUT2D eigenvalue weighted by molar-refractivity contribution is -0.404. The molecular formula is C19H16N4O9. The molecule has 0 saturated carbocycles. The van der Waals surface area contributed by atoms with Crippen molar-refractivity contribution in [2.75, 3.05) is 6.79 Å². The molecule has 13 nitrogen and oxygen atoms in total. The highest BCUT2D eigenvalue weighted by molar-refractivity contribution is 5.88. The van der Waals surface area contributed by atoms with Crippen LogP contribution >= 0.6 is 0 Å². The molecule has 0 bridgehead atoms. The van der Waals surface area contributed by atoms with Crippen molar-refractivity contribution in [2.45, 2.75) is 19.8 Å². The Morgan fingerprint density at radius 3 is 2.09 bits per heavy atom. The van der Waals surface area contributed by atoms with E-state index in [4.69, 9.17) is 14.6 Å². The number of nitrogens with zero attached hydrogens (tertiary/aromatic N) is 4. The molecule has 32 heavy (non-hydrogen) atoms. The molecule has 1 N–H and O–H groups in total. The van der Waals surface area contributed by atoms with E-state index in [1.54, 1.807) is 0 Å². The molecule has 0 spiro atoms. The summed E-state index contributed by atoms with van der Waals surface area (Å²) in [5.41, 5.74) is -1.86. The van der Waals surface area contributed by atoms with E-state index >= 15 is 0 Å². The van der Waals surface area contributed by atoms with Gasteiger partial charge in [-0.15, -0.1) is 0 Å². The van der Waals surface area contributed by atoms with E-state index in [1.807, 2.05) is 24.4 Å². The molecule has 4 rings (SSSR count). The predicted octanol–water partition coefficient (Wildman–Crippen LogP) is 4.03. The summed E-state index contributed by atoms with van der Waals surface area (Å²) >= 11 is 0. The average Bonchev–Trinajstić information content (AvgIpc) is 3.20. The first-order chi connectivity index (χ1) is 15.2. The van der Waals surface area contributed by atoms with Crippen molar-refractivity contribution < 1.29 is 29.4 Å². The number of non-ortho nitro benzene ring substituents is 1. The maximum absolute atomic E-state index is 10.4. The Bertz CT molecular complexity index is 1190. The monoisotopic (exact) mass is 444 g/mol. The molecule has 0 radical (unpaired) electrons. The molecule has 0 amide bonds. The number of hydrogen-bond donors (Lipinski definition) is 1. The number of rotatable bonds is 5. The predicted molar refractivity (Wildman–Crippen MR) is 110 cm³/mol. The molecule has 3 aromatic rings. The smallest absolute Gasteiger partial charge is 0.324 e. The lowest BCUT2D eigenvalue weighted by atomic mass is 10.1. The van der Waals surface area contributed by atoms with Crippen LogP contribution in [0.2, 0.25) is 0 Å². The van der Waals surface area contributed by atoms with Crippen molar-refractivity contribution in [1.82, 2.24) is 4.98 Å². The first-order valence-electron chi connectivity index (χ1n) is 9.20. The van der Waals surface area contributed by atoms with E-state index in [0.29, 0.717) is 18.9 Å². The van der Waals surface area contributed by atoms with Crippen LogP contribution in [0.4, 0.5) is 17.1 Å². The lowest BCUT2D eigenvalue weighted by Gasteiger charge is -2.05. The topological polar surface area (TPSA) is 181 Å². The standard InChI is InChI=1S/C13H13NO2.C6H3N3O7/c1-2-3-11-10-7-13-12(15-8-16-13)6-9(10)4-5-14-11;10-6-4(8(13)14)1-3(7(11)12)2-5(6)9(15)16/h4-7H,2-3,8H2,1H3;1-2,10H. The van der Waals surface area contributed by atoms with Gasteiger partial charge in [-0.1, -0.05) is 13.3 Å². The van der Waals surface area contributed by atoms with Crippen molar-refractivity contribution >= 4 is 27.8 Å². The number of nitro benzene ring substituents is 3. The summed E-state index contributed by atoms with van der Waals surface area (Å²) in [4.78, 5) is 32.2. The van der Waals surface area contributed by atoms with Crippen LogP contribution in [0.3, 0.4) is 0 Å². The second kappa shape index (κ2) is 9.07. The molecule has 0 aliphatic carbocycles. The van der Waals surface area contributed by atoms with Gasteiger partial charge in [0.1, 0.15) is 0 Å². The van der Waals surface area contributed by atoms with E-state index in [9.17, 15) is 30.3 Å². The average molecular weight is 444 g/mol. The minimum absolute atomic E-state index is 0.322. The van der Waals surface area contributed by atoms with Gasteiger partial charge in [0.15, 0.2) is 11.5 Å². The largest absolute Gasteiger partial charge is 0.497 e. The highest BCUT2D eigenvalue weighted by Gasteiger charge is 2.30. The van der Waals surface area contributed by atoms with Gasteiger partial charge in [-0.2, -0.15) is 0 Å². The van der Waals surface area contributed by atoms with Crippen LogP contribution in [-0.4, -0.2) is 31.7 Å². The summed E-state index contributed by atoms with van der Waals surface area (Å²) in [6.07, 6.45) is 3.95. The summed E-state index contributed by atoms with van der Waals surface area (Å²) in [5.74, 6) is 0.458. The highest BCUT2D eigenvalue weighted by atomic mass is 16.7. The molecule has 1 aromatic heterocycles. The highest BCUT2D eigenvalue weighted by Crippen LogP contribution is 2.39. The van der Waals surface area contributed by atoms with Crippen molar-refractivity contribution in [3.05, 3.63) is 72.6 Å². The van der Waals surface area contributed by atoms with Crippen LogP contribution in [0.25, 0.3) is 10.8 Å². The molecule has 0 saturated heterocycles. The van der Waals surface area contributed by atoms with Crippen LogP contribution < -0.4 is 9.47 Å². The third-order valence-electron chi connectivity index (χ3n) is 4.49. The number of phenols is 1. The number of aromatic hydroxyl groups is 1. The molecule has 0 fully saturated rings. The SMILES string of the molecule is CCCc1nccc2cc3c(cc12)OCO3.O=[N+]([O-])c1cc([N+](=O)[O-])c(O)c([N+](=O)[O-])c1. The van der Waals surface area contributed by atoms with E-state index in [1.165, 1.54) is 10.8 Å². The number of phenolic OH excluding ortho intramolecular Hbond substituents is 1. The molecule has 2 aromatic carbocycles. The zero-order valence-corrected chi connectivity index (χ0v) is 16.6. The van der Waals surface area contributed by atoms with E-state index in [0.717, 1.165) is 30.0 Å². The second-order valence-electron chi connectivity index (χ2n) is 6.54. The Hall–Kier alpha value is -4.55. The minimum atomic E-state index is -1.21. The summed E-state index contributed by atoms with van der Waals surface area (Å²) in [5, 5.41) is 42.6. The fraction of sp³-hybridized carbons (Fsp3) is 0.211. The van der Waals surface area contributed by atoms with Gasteiger partial charge >= 0.3 is 11.4 Å². The van der Waals surface area contributed by atoms with E-state index in [-0.39, 0.29) is 0 Å². The maximum Gasteiger partial charge on any atom is 0.324 e. The fourth-order valence-corrected chi connectivity index (χ4v) is 3.03.